The molecule has 3 aromatic rings. The van der Waals surface area contributed by atoms with Crippen LogP contribution in [0.25, 0.3) is 17.5 Å². The number of non-ortho nitro benzene ring substituents is 1. The number of benzene rings is 2. The van der Waals surface area contributed by atoms with E-state index in [1.54, 1.807) is 6.07 Å². The van der Waals surface area contributed by atoms with Gasteiger partial charge in [-0.05, 0) is 35.9 Å². The molecule has 0 aliphatic heterocycles. The number of carbonyl (C=O) groups is 1. The highest BCUT2D eigenvalue weighted by atomic mass is 32.2. The van der Waals surface area contributed by atoms with Gasteiger partial charge in [0, 0.05) is 37.9 Å². The maximum absolute atomic E-state index is 12.1. The third-order valence-corrected chi connectivity index (χ3v) is 5.87. The van der Waals surface area contributed by atoms with Gasteiger partial charge >= 0.3 is 6.01 Å². The summed E-state index contributed by atoms with van der Waals surface area (Å²) in [6, 6.07) is 11.5. The van der Waals surface area contributed by atoms with E-state index < -0.39 is 20.9 Å². The Bertz CT molecular complexity index is 1250. The summed E-state index contributed by atoms with van der Waals surface area (Å²) in [5, 5.41) is 20.7. The lowest BCUT2D eigenvalue weighted by Crippen LogP contribution is -2.22. The molecule has 0 saturated heterocycles. The van der Waals surface area contributed by atoms with Crippen LogP contribution < -0.4 is 5.32 Å². The maximum atomic E-state index is 12.1. The molecule has 0 aliphatic carbocycles. The van der Waals surface area contributed by atoms with Gasteiger partial charge in [0.1, 0.15) is 0 Å². The smallest absolute Gasteiger partial charge is 0.322 e. The second-order valence-electron chi connectivity index (χ2n) is 6.40. The Labute approximate surface area is 177 Å². The van der Waals surface area contributed by atoms with Crippen molar-refractivity contribution in [3.63, 3.8) is 0 Å². The number of amides is 1. The fraction of sp³-hybridized carbons (Fsp3) is 0.105. The third-order valence-electron chi connectivity index (χ3n) is 4.04. The number of aromatic nitrogens is 2. The highest BCUT2D eigenvalue weighted by molar-refractivity contribution is 7.89. The van der Waals surface area contributed by atoms with Gasteiger partial charge in [0.15, 0.2) is 0 Å². The number of anilines is 1. The summed E-state index contributed by atoms with van der Waals surface area (Å²) >= 11 is 0. The van der Waals surface area contributed by atoms with Gasteiger partial charge in [0.2, 0.25) is 15.9 Å². The lowest BCUT2D eigenvalue weighted by atomic mass is 10.2. The molecule has 2 aromatic carbocycles. The SMILES string of the molecule is CN(C)S(=O)(=O)c1ccc(-c2nnc(NC(=O)/C=C/c3cccc([N+](=O)[O-])c3)o2)cc1. The van der Waals surface area contributed by atoms with Crippen LogP contribution in [0.1, 0.15) is 5.56 Å². The lowest BCUT2D eigenvalue weighted by Gasteiger charge is -2.11. The average Bonchev–Trinajstić information content (AvgIpc) is 3.21. The molecule has 160 valence electrons. The molecule has 0 atom stereocenters. The van der Waals surface area contributed by atoms with Crippen molar-refractivity contribution in [1.82, 2.24) is 14.5 Å². The van der Waals surface area contributed by atoms with Crippen molar-refractivity contribution in [2.24, 2.45) is 0 Å². The first-order valence-electron chi connectivity index (χ1n) is 8.77. The van der Waals surface area contributed by atoms with Crippen LogP contribution in [0.5, 0.6) is 0 Å². The molecule has 1 aromatic heterocycles. The highest BCUT2D eigenvalue weighted by Crippen LogP contribution is 2.22. The predicted molar refractivity (Wildman–Crippen MR) is 111 cm³/mol. The van der Waals surface area contributed by atoms with Crippen molar-refractivity contribution in [3.8, 4) is 11.5 Å². The minimum Gasteiger partial charge on any atom is -0.403 e. The van der Waals surface area contributed by atoms with Crippen LogP contribution in [0.15, 0.2) is 63.9 Å². The van der Waals surface area contributed by atoms with Crippen molar-refractivity contribution in [3.05, 3.63) is 70.3 Å². The fourth-order valence-electron chi connectivity index (χ4n) is 2.43. The van der Waals surface area contributed by atoms with Crippen LogP contribution in [-0.4, -0.2) is 47.8 Å². The summed E-state index contributed by atoms with van der Waals surface area (Å²) in [4.78, 5) is 22.4. The second kappa shape index (κ2) is 8.85. The molecule has 0 aliphatic rings. The van der Waals surface area contributed by atoms with E-state index in [2.05, 4.69) is 15.5 Å². The number of hydrogen-bond acceptors (Lipinski definition) is 8. The van der Waals surface area contributed by atoms with Crippen LogP contribution >= 0.6 is 0 Å². The quantitative estimate of drug-likeness (QED) is 0.333. The number of nitro benzene ring substituents is 1. The molecule has 0 saturated carbocycles. The Morgan fingerprint density at radius 2 is 1.87 bits per heavy atom. The van der Waals surface area contributed by atoms with Crippen molar-refractivity contribution in [2.75, 3.05) is 19.4 Å². The minimum absolute atomic E-state index is 0.0894. The lowest BCUT2D eigenvalue weighted by molar-refractivity contribution is -0.384. The Morgan fingerprint density at radius 3 is 2.52 bits per heavy atom. The number of nitro groups is 1. The number of rotatable bonds is 7. The van der Waals surface area contributed by atoms with Gasteiger partial charge in [0.25, 0.3) is 11.6 Å². The average molecular weight is 443 g/mol. The molecular weight excluding hydrogens is 426 g/mol. The molecular formula is C19H17N5O6S. The summed E-state index contributed by atoms with van der Waals surface area (Å²) in [7, 11) is -0.690. The van der Waals surface area contributed by atoms with Crippen molar-refractivity contribution < 1.29 is 22.6 Å². The van der Waals surface area contributed by atoms with Gasteiger partial charge in [0.05, 0.1) is 9.82 Å². The highest BCUT2D eigenvalue weighted by Gasteiger charge is 2.18. The Hall–Kier alpha value is -3.90. The number of hydrogen-bond donors (Lipinski definition) is 1. The first kappa shape index (κ1) is 21.8. The van der Waals surface area contributed by atoms with Crippen molar-refractivity contribution in [2.45, 2.75) is 4.90 Å². The van der Waals surface area contributed by atoms with Gasteiger partial charge in [-0.2, -0.15) is 0 Å². The molecule has 31 heavy (non-hydrogen) atoms. The van der Waals surface area contributed by atoms with Crippen LogP contribution in [0, 0.1) is 10.1 Å². The predicted octanol–water partition coefficient (Wildman–Crippen LogP) is 2.55. The second-order valence-corrected chi connectivity index (χ2v) is 8.55. The van der Waals surface area contributed by atoms with E-state index in [0.29, 0.717) is 11.1 Å². The van der Waals surface area contributed by atoms with Gasteiger partial charge in [-0.25, -0.2) is 12.7 Å². The number of carbonyl (C=O) groups excluding carboxylic acids is 1. The maximum Gasteiger partial charge on any atom is 0.322 e. The number of sulfonamides is 1. The Balaban J connectivity index is 1.68. The zero-order valence-electron chi connectivity index (χ0n) is 16.4. The van der Waals surface area contributed by atoms with Gasteiger partial charge in [-0.15, -0.1) is 5.10 Å². The molecule has 0 radical (unpaired) electrons. The standard InChI is InChI=1S/C19H17N5O6S/c1-23(2)31(28,29)16-9-7-14(8-10-16)18-21-22-19(30-18)20-17(25)11-6-13-4-3-5-15(12-13)24(26)27/h3-12H,1-2H3,(H,20,22,25)/b11-6+. The topological polar surface area (TPSA) is 149 Å². The molecule has 0 unspecified atom stereocenters. The molecule has 3 rings (SSSR count). The summed E-state index contributed by atoms with van der Waals surface area (Å²) in [5.41, 5.74) is 0.856. The summed E-state index contributed by atoms with van der Waals surface area (Å²) < 4.78 is 30.7. The molecule has 0 spiro atoms. The molecule has 0 bridgehead atoms. The first-order chi connectivity index (χ1) is 14.7. The molecule has 11 nitrogen and oxygen atoms in total. The van der Waals surface area contributed by atoms with E-state index in [0.717, 1.165) is 4.31 Å². The van der Waals surface area contributed by atoms with E-state index >= 15 is 0 Å². The monoisotopic (exact) mass is 443 g/mol. The largest absolute Gasteiger partial charge is 0.403 e. The number of nitrogens with one attached hydrogen (secondary N) is 1. The first-order valence-corrected chi connectivity index (χ1v) is 10.2. The van der Waals surface area contributed by atoms with Crippen LogP contribution in [-0.2, 0) is 14.8 Å². The fourth-order valence-corrected chi connectivity index (χ4v) is 3.33. The Morgan fingerprint density at radius 1 is 1.16 bits per heavy atom. The molecule has 0 fully saturated rings. The van der Waals surface area contributed by atoms with Crippen LogP contribution in [0.4, 0.5) is 11.7 Å². The third kappa shape index (κ3) is 5.18. The van der Waals surface area contributed by atoms with Crippen molar-refractivity contribution in [1.29, 1.82) is 0 Å². The van der Waals surface area contributed by atoms with Gasteiger partial charge in [-0.1, -0.05) is 17.2 Å². The van der Waals surface area contributed by atoms with E-state index in [1.807, 2.05) is 0 Å². The van der Waals surface area contributed by atoms with E-state index in [1.165, 1.54) is 68.7 Å². The van der Waals surface area contributed by atoms with E-state index in [-0.39, 0.29) is 22.5 Å². The normalized spacial score (nSPS) is 11.7. The molecule has 1 N–H and O–H groups in total. The molecule has 12 heteroatoms. The summed E-state index contributed by atoms with van der Waals surface area (Å²) in [6.07, 6.45) is 2.58. The summed E-state index contributed by atoms with van der Waals surface area (Å²) in [6.45, 7) is 0. The molecule has 1 heterocycles. The molecule has 1 amide bonds. The van der Waals surface area contributed by atoms with Crippen LogP contribution in [0.3, 0.4) is 0 Å². The van der Waals surface area contributed by atoms with Crippen LogP contribution in [0.2, 0.25) is 0 Å². The zero-order valence-corrected chi connectivity index (χ0v) is 17.2. The zero-order chi connectivity index (χ0) is 22.6. The minimum atomic E-state index is -3.56. The van der Waals surface area contributed by atoms with Gasteiger partial charge in [-0.3, -0.25) is 20.2 Å². The Kier molecular flexibility index (Phi) is 6.22. The van der Waals surface area contributed by atoms with Crippen molar-refractivity contribution >= 4 is 33.7 Å². The summed E-state index contributed by atoms with van der Waals surface area (Å²) in [5.74, 6) is -0.485. The van der Waals surface area contributed by atoms with E-state index in [9.17, 15) is 23.3 Å². The van der Waals surface area contributed by atoms with E-state index in [4.69, 9.17) is 4.42 Å². The number of nitrogens with zero attached hydrogens (tertiary/aromatic N) is 4. The van der Waals surface area contributed by atoms with Gasteiger partial charge < -0.3 is 4.42 Å².